The van der Waals surface area contributed by atoms with Gasteiger partial charge in [-0.3, -0.25) is 0 Å². The lowest BCUT2D eigenvalue weighted by Crippen LogP contribution is -1.99. The number of hydrogen-bond donors (Lipinski definition) is 0. The lowest BCUT2D eigenvalue weighted by atomic mass is 10.0. The SMILES string of the molecule is COc1ccc(-c2nnc(COc3ccccc3C(C)C)o2)cc1. The molecule has 0 unspecified atom stereocenters. The van der Waals surface area contributed by atoms with Gasteiger partial charge in [0.05, 0.1) is 7.11 Å². The van der Waals surface area contributed by atoms with Crippen molar-refractivity contribution in [1.82, 2.24) is 10.2 Å². The van der Waals surface area contributed by atoms with Gasteiger partial charge in [0.2, 0.25) is 5.89 Å². The molecule has 5 nitrogen and oxygen atoms in total. The summed E-state index contributed by atoms with van der Waals surface area (Å²) < 4.78 is 16.7. The molecule has 5 heteroatoms. The number of rotatable bonds is 6. The molecule has 0 amide bonds. The smallest absolute Gasteiger partial charge is 0.254 e. The Morgan fingerprint density at radius 2 is 1.75 bits per heavy atom. The van der Waals surface area contributed by atoms with Crippen molar-refractivity contribution in [2.45, 2.75) is 26.4 Å². The summed E-state index contributed by atoms with van der Waals surface area (Å²) in [6.07, 6.45) is 0. The number of benzene rings is 2. The van der Waals surface area contributed by atoms with Crippen molar-refractivity contribution < 1.29 is 13.9 Å². The molecular weight excluding hydrogens is 304 g/mol. The van der Waals surface area contributed by atoms with Crippen LogP contribution in [-0.4, -0.2) is 17.3 Å². The van der Waals surface area contributed by atoms with E-state index < -0.39 is 0 Å². The first-order chi connectivity index (χ1) is 11.7. The molecule has 0 saturated carbocycles. The highest BCUT2D eigenvalue weighted by Gasteiger charge is 2.11. The fraction of sp³-hybridized carbons (Fsp3) is 0.263. The van der Waals surface area contributed by atoms with E-state index in [-0.39, 0.29) is 6.61 Å². The third-order valence-electron chi connectivity index (χ3n) is 3.70. The summed E-state index contributed by atoms with van der Waals surface area (Å²) >= 11 is 0. The second kappa shape index (κ2) is 7.17. The van der Waals surface area contributed by atoms with Gasteiger partial charge in [0, 0.05) is 5.56 Å². The van der Waals surface area contributed by atoms with Crippen molar-refractivity contribution in [3.63, 3.8) is 0 Å². The summed E-state index contributed by atoms with van der Waals surface area (Å²) in [7, 11) is 1.63. The van der Waals surface area contributed by atoms with Crippen LogP contribution in [0.15, 0.2) is 52.9 Å². The van der Waals surface area contributed by atoms with E-state index in [1.807, 2.05) is 42.5 Å². The first-order valence-corrected chi connectivity index (χ1v) is 7.86. The zero-order valence-corrected chi connectivity index (χ0v) is 14.0. The van der Waals surface area contributed by atoms with Crippen LogP contribution in [0.4, 0.5) is 0 Å². The molecule has 0 spiro atoms. The summed E-state index contributed by atoms with van der Waals surface area (Å²) in [5.74, 6) is 2.93. The van der Waals surface area contributed by atoms with Gasteiger partial charge < -0.3 is 13.9 Å². The van der Waals surface area contributed by atoms with Crippen LogP contribution in [0, 0.1) is 0 Å². The summed E-state index contributed by atoms with van der Waals surface area (Å²) in [5, 5.41) is 8.13. The van der Waals surface area contributed by atoms with Gasteiger partial charge in [0.15, 0.2) is 6.61 Å². The van der Waals surface area contributed by atoms with Crippen molar-refractivity contribution in [3.8, 4) is 23.0 Å². The van der Waals surface area contributed by atoms with E-state index in [1.165, 1.54) is 0 Å². The van der Waals surface area contributed by atoms with E-state index >= 15 is 0 Å². The van der Waals surface area contributed by atoms with Gasteiger partial charge in [-0.05, 0) is 41.8 Å². The number of methoxy groups -OCH3 is 1. The Morgan fingerprint density at radius 1 is 1.00 bits per heavy atom. The molecule has 0 N–H and O–H groups in total. The predicted octanol–water partition coefficient (Wildman–Crippen LogP) is 4.45. The molecule has 0 aliphatic rings. The zero-order valence-electron chi connectivity index (χ0n) is 14.0. The number of aromatic nitrogens is 2. The van der Waals surface area contributed by atoms with Crippen molar-refractivity contribution in [2.75, 3.05) is 7.11 Å². The predicted molar refractivity (Wildman–Crippen MR) is 91.1 cm³/mol. The highest BCUT2D eigenvalue weighted by molar-refractivity contribution is 5.53. The van der Waals surface area contributed by atoms with E-state index in [2.05, 4.69) is 30.1 Å². The van der Waals surface area contributed by atoms with Crippen LogP contribution in [0.5, 0.6) is 11.5 Å². The molecule has 0 aliphatic heterocycles. The van der Waals surface area contributed by atoms with Gasteiger partial charge in [0.1, 0.15) is 11.5 Å². The fourth-order valence-corrected chi connectivity index (χ4v) is 2.39. The number of ether oxygens (including phenoxy) is 2. The largest absolute Gasteiger partial charge is 0.497 e. The first kappa shape index (κ1) is 16.1. The molecule has 0 bridgehead atoms. The van der Waals surface area contributed by atoms with E-state index in [4.69, 9.17) is 13.9 Å². The molecule has 3 aromatic rings. The number of nitrogens with zero attached hydrogens (tertiary/aromatic N) is 2. The van der Waals surface area contributed by atoms with Gasteiger partial charge in [-0.1, -0.05) is 32.0 Å². The molecule has 0 saturated heterocycles. The van der Waals surface area contributed by atoms with Crippen LogP contribution >= 0.6 is 0 Å². The minimum atomic E-state index is 0.243. The number of para-hydroxylation sites is 1. The molecule has 2 aromatic carbocycles. The van der Waals surface area contributed by atoms with Gasteiger partial charge in [0.25, 0.3) is 5.89 Å². The maximum absolute atomic E-state index is 5.85. The van der Waals surface area contributed by atoms with Crippen LogP contribution in [0.3, 0.4) is 0 Å². The highest BCUT2D eigenvalue weighted by atomic mass is 16.5. The summed E-state index contributed by atoms with van der Waals surface area (Å²) in [6, 6.07) is 15.5. The van der Waals surface area contributed by atoms with Gasteiger partial charge >= 0.3 is 0 Å². The Labute approximate surface area is 141 Å². The zero-order chi connectivity index (χ0) is 16.9. The summed E-state index contributed by atoms with van der Waals surface area (Å²) in [6.45, 7) is 4.51. The van der Waals surface area contributed by atoms with E-state index in [0.717, 1.165) is 22.6 Å². The third kappa shape index (κ3) is 3.56. The standard InChI is InChI=1S/C19H20N2O3/c1-13(2)16-6-4-5-7-17(16)23-12-18-20-21-19(24-18)14-8-10-15(22-3)11-9-14/h4-11,13H,12H2,1-3H3. The third-order valence-corrected chi connectivity index (χ3v) is 3.70. The van der Waals surface area contributed by atoms with Crippen molar-refractivity contribution >= 4 is 0 Å². The second-order valence-corrected chi connectivity index (χ2v) is 5.71. The normalized spacial score (nSPS) is 10.8. The summed E-state index contributed by atoms with van der Waals surface area (Å²) in [4.78, 5) is 0. The molecule has 0 radical (unpaired) electrons. The topological polar surface area (TPSA) is 57.4 Å². The minimum Gasteiger partial charge on any atom is -0.497 e. The molecule has 0 atom stereocenters. The highest BCUT2D eigenvalue weighted by Crippen LogP contribution is 2.27. The molecule has 1 aromatic heterocycles. The van der Waals surface area contributed by atoms with Crippen LogP contribution in [0.1, 0.15) is 31.2 Å². The van der Waals surface area contributed by atoms with Crippen molar-refractivity contribution in [3.05, 3.63) is 60.0 Å². The maximum atomic E-state index is 5.85. The Morgan fingerprint density at radius 3 is 2.46 bits per heavy atom. The average molecular weight is 324 g/mol. The van der Waals surface area contributed by atoms with Crippen LogP contribution in [0.25, 0.3) is 11.5 Å². The minimum absolute atomic E-state index is 0.243. The monoisotopic (exact) mass is 324 g/mol. The Bertz CT molecular complexity index is 794. The van der Waals surface area contributed by atoms with Crippen LogP contribution in [-0.2, 0) is 6.61 Å². The van der Waals surface area contributed by atoms with E-state index in [0.29, 0.717) is 17.7 Å². The molecule has 124 valence electrons. The van der Waals surface area contributed by atoms with Crippen molar-refractivity contribution in [2.24, 2.45) is 0 Å². The van der Waals surface area contributed by atoms with E-state index in [9.17, 15) is 0 Å². The molecule has 3 rings (SSSR count). The second-order valence-electron chi connectivity index (χ2n) is 5.71. The van der Waals surface area contributed by atoms with E-state index in [1.54, 1.807) is 7.11 Å². The molecule has 0 aliphatic carbocycles. The first-order valence-electron chi connectivity index (χ1n) is 7.86. The summed E-state index contributed by atoms with van der Waals surface area (Å²) in [5.41, 5.74) is 2.00. The lowest BCUT2D eigenvalue weighted by Gasteiger charge is -2.12. The van der Waals surface area contributed by atoms with Gasteiger partial charge in [-0.25, -0.2) is 0 Å². The molecule has 1 heterocycles. The quantitative estimate of drug-likeness (QED) is 0.670. The Kier molecular flexibility index (Phi) is 4.79. The van der Waals surface area contributed by atoms with Crippen LogP contribution < -0.4 is 9.47 Å². The van der Waals surface area contributed by atoms with Gasteiger partial charge in [-0.15, -0.1) is 10.2 Å². The fourth-order valence-electron chi connectivity index (χ4n) is 2.39. The lowest BCUT2D eigenvalue weighted by molar-refractivity contribution is 0.261. The Hall–Kier alpha value is -2.82. The van der Waals surface area contributed by atoms with Gasteiger partial charge in [-0.2, -0.15) is 0 Å². The number of hydrogen-bond acceptors (Lipinski definition) is 5. The molecule has 0 fully saturated rings. The Balaban J connectivity index is 1.70. The molecule has 24 heavy (non-hydrogen) atoms. The van der Waals surface area contributed by atoms with Crippen molar-refractivity contribution in [1.29, 1.82) is 0 Å². The average Bonchev–Trinajstić information content (AvgIpc) is 3.09. The molecular formula is C19H20N2O3. The van der Waals surface area contributed by atoms with Crippen LogP contribution in [0.2, 0.25) is 0 Å². The maximum Gasteiger partial charge on any atom is 0.254 e.